The van der Waals surface area contributed by atoms with E-state index in [9.17, 15) is 15.0 Å². The van der Waals surface area contributed by atoms with E-state index in [2.05, 4.69) is 31.7 Å². The number of carbonyl (C=O) groups is 1. The zero-order chi connectivity index (χ0) is 25.5. The summed E-state index contributed by atoms with van der Waals surface area (Å²) in [4.78, 5) is 12.6. The summed E-state index contributed by atoms with van der Waals surface area (Å²) in [7, 11) is 0. The van der Waals surface area contributed by atoms with E-state index >= 15 is 0 Å². The van der Waals surface area contributed by atoms with E-state index in [4.69, 9.17) is 14.2 Å². The molecule has 0 amide bonds. The Kier molecular flexibility index (Phi) is 10.00. The number of allylic oxidation sites excluding steroid dienone is 1. The van der Waals surface area contributed by atoms with Crippen molar-refractivity contribution in [2.75, 3.05) is 0 Å². The van der Waals surface area contributed by atoms with E-state index in [1.54, 1.807) is 12.2 Å². The number of fused-ring (bicyclic) bond motifs is 3. The molecule has 0 aromatic rings. The van der Waals surface area contributed by atoms with Crippen LogP contribution in [0, 0.1) is 11.8 Å². The summed E-state index contributed by atoms with van der Waals surface area (Å²) in [6, 6.07) is 0. The van der Waals surface area contributed by atoms with Crippen LogP contribution in [0.5, 0.6) is 0 Å². The fraction of sp³-hybridized carbons (Fsp3) is 0.700. The van der Waals surface area contributed by atoms with Gasteiger partial charge in [0.15, 0.2) is 0 Å². The molecule has 0 radical (unpaired) electrons. The third kappa shape index (κ3) is 8.41. The Morgan fingerprint density at radius 3 is 2.69 bits per heavy atom. The summed E-state index contributed by atoms with van der Waals surface area (Å²) in [5, 5.41) is 21.7. The maximum absolute atomic E-state index is 12.6. The number of hydrogen-bond donors (Lipinski definition) is 2. The molecule has 6 nitrogen and oxygen atoms in total. The second kappa shape index (κ2) is 13.2. The van der Waals surface area contributed by atoms with Crippen molar-refractivity contribution in [2.24, 2.45) is 11.8 Å². The summed E-state index contributed by atoms with van der Waals surface area (Å²) < 4.78 is 17.7. The van der Waals surface area contributed by atoms with Gasteiger partial charge in [-0.3, -0.25) is 0 Å². The van der Waals surface area contributed by atoms with Crippen molar-refractivity contribution in [3.8, 4) is 0 Å². The van der Waals surface area contributed by atoms with Crippen LogP contribution in [-0.2, 0) is 19.0 Å². The Labute approximate surface area is 216 Å². The Bertz CT molecular complexity index is 825. The molecule has 1 aliphatic carbocycles. The molecule has 6 heteroatoms. The van der Waals surface area contributed by atoms with Gasteiger partial charge in [-0.15, -0.1) is 0 Å². The largest absolute Gasteiger partial charge is 0.456 e. The SMILES string of the molecule is C=C1CC(C)C[C@@H]2CC=CC(C/C=C\C(=O)OC(C(O)/C=C/C3CCCCC3)C[C@@H]3OC3C(O)C1)O2. The predicted octanol–water partition coefficient (Wildman–Crippen LogP) is 4.95. The van der Waals surface area contributed by atoms with Gasteiger partial charge < -0.3 is 24.4 Å². The zero-order valence-electron chi connectivity index (χ0n) is 21.7. The molecule has 0 aromatic carbocycles. The Balaban J connectivity index is 1.44. The third-order valence-corrected chi connectivity index (χ3v) is 7.88. The number of esters is 1. The van der Waals surface area contributed by atoms with Crippen LogP contribution in [0.25, 0.3) is 0 Å². The summed E-state index contributed by atoms with van der Waals surface area (Å²) in [5.74, 6) is 0.385. The predicted molar refractivity (Wildman–Crippen MR) is 139 cm³/mol. The normalized spacial score (nSPS) is 39.0. The number of hydrogen-bond acceptors (Lipinski definition) is 6. The van der Waals surface area contributed by atoms with Gasteiger partial charge in [-0.2, -0.15) is 0 Å². The first-order valence-electron chi connectivity index (χ1n) is 13.9. The minimum Gasteiger partial charge on any atom is -0.456 e. The highest BCUT2D eigenvalue weighted by Gasteiger charge is 2.46. The van der Waals surface area contributed by atoms with Crippen LogP contribution in [0.2, 0.25) is 0 Å². The number of cyclic esters (lactones) is 1. The van der Waals surface area contributed by atoms with Gasteiger partial charge >= 0.3 is 5.97 Å². The molecule has 8 atom stereocenters. The van der Waals surface area contributed by atoms with Crippen molar-refractivity contribution >= 4 is 5.97 Å². The lowest BCUT2D eigenvalue weighted by atomic mass is 9.88. The summed E-state index contributed by atoms with van der Waals surface area (Å²) in [6.45, 7) is 6.40. The summed E-state index contributed by atoms with van der Waals surface area (Å²) >= 11 is 0. The van der Waals surface area contributed by atoms with Crippen LogP contribution >= 0.6 is 0 Å². The fourth-order valence-electron chi connectivity index (χ4n) is 5.92. The molecule has 200 valence electrons. The molecule has 2 fully saturated rings. The maximum atomic E-state index is 12.6. The molecule has 1 saturated carbocycles. The van der Waals surface area contributed by atoms with Crippen LogP contribution in [0.1, 0.15) is 77.6 Å². The van der Waals surface area contributed by atoms with Gasteiger partial charge in [0.05, 0.1) is 24.4 Å². The second-order valence-corrected chi connectivity index (χ2v) is 11.3. The number of epoxide rings is 1. The van der Waals surface area contributed by atoms with Gasteiger partial charge in [0, 0.05) is 12.5 Å². The Morgan fingerprint density at radius 1 is 1.08 bits per heavy atom. The minimum atomic E-state index is -0.918. The molecule has 36 heavy (non-hydrogen) atoms. The van der Waals surface area contributed by atoms with Crippen molar-refractivity contribution in [1.29, 1.82) is 0 Å². The lowest BCUT2D eigenvalue weighted by Crippen LogP contribution is -2.32. The standard InChI is InChI=1S/C30H44O6/c1-20-16-21(2)18-26(32)30-28(36-30)19-27(25(31)15-14-22-8-4-3-5-9-22)35-29(33)13-7-11-23-10-6-12-24(17-20)34-23/h6-7,10,13-15,20,22-28,30-32H,2-5,8-9,11-12,16-19H2,1H3/b13-7-,15-14+/t20?,23?,24-,25?,26?,27?,28-,30?/m0/s1. The molecular formula is C30H44O6. The highest BCUT2D eigenvalue weighted by molar-refractivity contribution is 5.82. The highest BCUT2D eigenvalue weighted by Crippen LogP contribution is 2.35. The number of carbonyl (C=O) groups excluding carboxylic acids is 1. The third-order valence-electron chi connectivity index (χ3n) is 7.88. The number of ether oxygens (including phenoxy) is 3. The number of aliphatic hydroxyl groups is 2. The lowest BCUT2D eigenvalue weighted by molar-refractivity contribution is -0.148. The van der Waals surface area contributed by atoms with Crippen LogP contribution in [0.4, 0.5) is 0 Å². The first kappa shape index (κ1) is 27.3. The first-order valence-corrected chi connectivity index (χ1v) is 13.9. The summed E-state index contributed by atoms with van der Waals surface area (Å²) in [6.07, 6.45) is 18.5. The van der Waals surface area contributed by atoms with E-state index in [0.29, 0.717) is 31.1 Å². The molecular weight excluding hydrogens is 456 g/mol. The Hall–Kier alpha value is -1.73. The molecule has 4 rings (SSSR count). The van der Waals surface area contributed by atoms with Crippen LogP contribution in [0.15, 0.2) is 48.6 Å². The monoisotopic (exact) mass is 500 g/mol. The average Bonchev–Trinajstić information content (AvgIpc) is 3.62. The minimum absolute atomic E-state index is 0.0654. The molecule has 3 heterocycles. The van der Waals surface area contributed by atoms with E-state index < -0.39 is 24.3 Å². The van der Waals surface area contributed by atoms with E-state index in [0.717, 1.165) is 37.7 Å². The van der Waals surface area contributed by atoms with Crippen LogP contribution in [-0.4, -0.2) is 58.9 Å². The second-order valence-electron chi connectivity index (χ2n) is 11.3. The topological polar surface area (TPSA) is 88.5 Å². The van der Waals surface area contributed by atoms with E-state index in [1.165, 1.54) is 25.3 Å². The van der Waals surface area contributed by atoms with Crippen molar-refractivity contribution < 1.29 is 29.2 Å². The average molecular weight is 501 g/mol. The van der Waals surface area contributed by atoms with E-state index in [-0.39, 0.29) is 24.4 Å². The first-order chi connectivity index (χ1) is 17.4. The van der Waals surface area contributed by atoms with Crippen LogP contribution in [0.3, 0.4) is 0 Å². The van der Waals surface area contributed by atoms with E-state index in [1.807, 2.05) is 0 Å². The molecule has 2 bridgehead atoms. The van der Waals surface area contributed by atoms with Gasteiger partial charge in [0.1, 0.15) is 18.3 Å². The smallest absolute Gasteiger partial charge is 0.330 e. The molecule has 0 aromatic heterocycles. The molecule has 3 aliphatic heterocycles. The molecule has 4 aliphatic rings. The zero-order valence-corrected chi connectivity index (χ0v) is 21.7. The van der Waals surface area contributed by atoms with Crippen molar-refractivity contribution in [1.82, 2.24) is 0 Å². The molecule has 2 N–H and O–H groups in total. The fourth-order valence-corrected chi connectivity index (χ4v) is 5.92. The maximum Gasteiger partial charge on any atom is 0.330 e. The van der Waals surface area contributed by atoms with Crippen molar-refractivity contribution in [2.45, 2.75) is 120 Å². The van der Waals surface area contributed by atoms with Crippen molar-refractivity contribution in [3.05, 3.63) is 48.6 Å². The quantitative estimate of drug-likeness (QED) is 0.324. The van der Waals surface area contributed by atoms with Gasteiger partial charge in [-0.05, 0) is 56.8 Å². The number of aliphatic hydroxyl groups excluding tert-OH is 2. The van der Waals surface area contributed by atoms with Gasteiger partial charge in [0.2, 0.25) is 0 Å². The lowest BCUT2D eigenvalue weighted by Gasteiger charge is -2.28. The number of rotatable bonds is 3. The van der Waals surface area contributed by atoms with Crippen molar-refractivity contribution in [3.63, 3.8) is 0 Å². The van der Waals surface area contributed by atoms with Gasteiger partial charge in [0.25, 0.3) is 0 Å². The molecule has 0 spiro atoms. The molecule has 6 unspecified atom stereocenters. The summed E-state index contributed by atoms with van der Waals surface area (Å²) in [5.41, 5.74) is 1.01. The molecule has 1 saturated heterocycles. The van der Waals surface area contributed by atoms with Gasteiger partial charge in [-0.1, -0.05) is 68.7 Å². The Morgan fingerprint density at radius 2 is 1.89 bits per heavy atom. The van der Waals surface area contributed by atoms with Crippen LogP contribution < -0.4 is 0 Å². The highest BCUT2D eigenvalue weighted by atomic mass is 16.6. The van der Waals surface area contributed by atoms with Gasteiger partial charge in [-0.25, -0.2) is 4.79 Å².